The van der Waals surface area contributed by atoms with Gasteiger partial charge in [0.05, 0.1) is 0 Å². The predicted octanol–water partition coefficient (Wildman–Crippen LogP) is 5.29. The molecule has 3 nitrogen and oxygen atoms in total. The van der Waals surface area contributed by atoms with E-state index in [4.69, 9.17) is 9.47 Å². The quantitative estimate of drug-likeness (QED) is 0.679. The highest BCUT2D eigenvalue weighted by Crippen LogP contribution is 2.31. The number of carbonyl (C=O) groups is 1. The Morgan fingerprint density at radius 3 is 2.39 bits per heavy atom. The molecule has 2 rings (SSSR count). The van der Waals surface area contributed by atoms with Gasteiger partial charge in [0.25, 0.3) is 0 Å². The zero-order valence-electron chi connectivity index (χ0n) is 13.9. The van der Waals surface area contributed by atoms with Crippen LogP contribution in [0.25, 0.3) is 0 Å². The summed E-state index contributed by atoms with van der Waals surface area (Å²) in [5, 5.41) is 0. The summed E-state index contributed by atoms with van der Waals surface area (Å²) in [7, 11) is 0. The minimum absolute atomic E-state index is 0.395. The predicted molar refractivity (Wildman–Crippen MR) is 94.8 cm³/mol. The van der Waals surface area contributed by atoms with E-state index >= 15 is 0 Å². The first-order valence-corrected chi connectivity index (χ1v) is 8.26. The first kappa shape index (κ1) is 17.5. The van der Waals surface area contributed by atoms with Crippen molar-refractivity contribution in [1.29, 1.82) is 0 Å². The van der Waals surface area contributed by atoms with E-state index < -0.39 is 11.6 Å². The van der Waals surface area contributed by atoms with Gasteiger partial charge in [0.15, 0.2) is 0 Å². The Kier molecular flexibility index (Phi) is 5.47. The lowest BCUT2D eigenvalue weighted by atomic mass is 10.1. The van der Waals surface area contributed by atoms with Crippen molar-refractivity contribution in [3.63, 3.8) is 0 Å². The van der Waals surface area contributed by atoms with Crippen LogP contribution < -0.4 is 4.74 Å². The van der Waals surface area contributed by atoms with E-state index in [-0.39, 0.29) is 0 Å². The van der Waals surface area contributed by atoms with Crippen LogP contribution in [0, 0.1) is 6.92 Å². The Bertz CT molecular complexity index is 688. The summed E-state index contributed by atoms with van der Waals surface area (Å²) in [5.74, 6) is 0.127. The molecule has 122 valence electrons. The molecule has 0 aliphatic rings. The van der Waals surface area contributed by atoms with Crippen molar-refractivity contribution in [1.82, 2.24) is 0 Å². The first-order chi connectivity index (χ1) is 10.8. The smallest absolute Gasteiger partial charge is 0.343 e. The van der Waals surface area contributed by atoms with Crippen molar-refractivity contribution in [2.75, 3.05) is 0 Å². The van der Waals surface area contributed by atoms with Crippen LogP contribution in [0.4, 0.5) is 0 Å². The minimum Gasteiger partial charge on any atom is -0.488 e. The van der Waals surface area contributed by atoms with Gasteiger partial charge in [-0.1, -0.05) is 30.3 Å². The van der Waals surface area contributed by atoms with Gasteiger partial charge < -0.3 is 9.47 Å². The molecule has 23 heavy (non-hydrogen) atoms. The molecule has 0 unspecified atom stereocenters. The van der Waals surface area contributed by atoms with Crippen molar-refractivity contribution >= 4 is 21.9 Å². The highest BCUT2D eigenvalue weighted by Gasteiger charge is 2.24. The Balaban J connectivity index is 2.28. The fourth-order valence-electron chi connectivity index (χ4n) is 2.09. The van der Waals surface area contributed by atoms with E-state index in [2.05, 4.69) is 15.9 Å². The molecule has 0 amide bonds. The molecule has 0 aromatic heterocycles. The van der Waals surface area contributed by atoms with Crippen LogP contribution in [0.3, 0.4) is 0 Å². The van der Waals surface area contributed by atoms with Crippen LogP contribution in [0.5, 0.6) is 5.75 Å². The van der Waals surface area contributed by atoms with Gasteiger partial charge >= 0.3 is 5.97 Å². The zero-order valence-corrected chi connectivity index (χ0v) is 15.4. The van der Waals surface area contributed by atoms with E-state index in [9.17, 15) is 4.79 Å². The zero-order chi connectivity index (χ0) is 17.0. The second-order valence-electron chi connectivity index (χ2n) is 6.40. The van der Waals surface area contributed by atoms with Crippen molar-refractivity contribution in [2.45, 2.75) is 39.9 Å². The van der Waals surface area contributed by atoms with Gasteiger partial charge in [-0.25, -0.2) is 4.79 Å². The van der Waals surface area contributed by atoms with Crippen LogP contribution >= 0.6 is 15.9 Å². The highest BCUT2D eigenvalue weighted by atomic mass is 79.9. The van der Waals surface area contributed by atoms with Gasteiger partial charge in [-0.15, -0.1) is 0 Å². The number of esters is 1. The van der Waals surface area contributed by atoms with Crippen molar-refractivity contribution in [3.05, 3.63) is 63.6 Å². The first-order valence-electron chi connectivity index (χ1n) is 7.46. The molecule has 0 spiro atoms. The van der Waals surface area contributed by atoms with Gasteiger partial charge in [0.2, 0.25) is 0 Å². The average Bonchev–Trinajstić information content (AvgIpc) is 2.43. The Morgan fingerprint density at radius 1 is 1.13 bits per heavy atom. The lowest BCUT2D eigenvalue weighted by Gasteiger charge is -2.21. The monoisotopic (exact) mass is 376 g/mol. The largest absolute Gasteiger partial charge is 0.488 e. The topological polar surface area (TPSA) is 35.5 Å². The Morgan fingerprint density at radius 2 is 1.78 bits per heavy atom. The van der Waals surface area contributed by atoms with E-state index in [1.165, 1.54) is 0 Å². The third-order valence-corrected chi connectivity index (χ3v) is 3.66. The lowest BCUT2D eigenvalue weighted by Crippen LogP contribution is -2.24. The molecular weight excluding hydrogens is 356 g/mol. The van der Waals surface area contributed by atoms with Gasteiger partial charge in [-0.3, -0.25) is 0 Å². The van der Waals surface area contributed by atoms with Crippen molar-refractivity contribution < 1.29 is 14.3 Å². The maximum atomic E-state index is 12.5. The molecule has 2 aromatic carbocycles. The molecule has 0 aliphatic heterocycles. The summed E-state index contributed by atoms with van der Waals surface area (Å²) in [4.78, 5) is 12.5. The maximum absolute atomic E-state index is 12.5. The molecule has 0 fully saturated rings. The van der Waals surface area contributed by atoms with E-state index in [1.54, 1.807) is 0 Å². The van der Waals surface area contributed by atoms with Gasteiger partial charge in [0.1, 0.15) is 23.5 Å². The molecule has 0 aliphatic carbocycles. The summed E-state index contributed by atoms with van der Waals surface area (Å²) in [6.45, 7) is 7.89. The molecule has 0 saturated heterocycles. The molecule has 0 bridgehead atoms. The van der Waals surface area contributed by atoms with Crippen molar-refractivity contribution in [3.8, 4) is 5.75 Å². The SMILES string of the molecule is Cc1cc(Br)c(C(=O)OC(C)(C)C)c(OCc2ccccc2)c1. The van der Waals surface area contributed by atoms with Gasteiger partial charge in [-0.05, 0) is 66.9 Å². The van der Waals surface area contributed by atoms with E-state index in [1.807, 2.05) is 70.2 Å². The number of hydrogen-bond acceptors (Lipinski definition) is 3. The van der Waals surface area contributed by atoms with Crippen LogP contribution in [0.1, 0.15) is 42.3 Å². The van der Waals surface area contributed by atoms with Gasteiger partial charge in [0, 0.05) is 4.47 Å². The molecular formula is C19H21BrO3. The molecule has 4 heteroatoms. The molecule has 0 N–H and O–H groups in total. The van der Waals surface area contributed by atoms with Gasteiger partial charge in [-0.2, -0.15) is 0 Å². The number of benzene rings is 2. The lowest BCUT2D eigenvalue weighted by molar-refractivity contribution is 0.00643. The standard InChI is InChI=1S/C19H21BrO3/c1-13-10-15(20)17(18(21)23-19(2,3)4)16(11-13)22-12-14-8-6-5-7-9-14/h5-11H,12H2,1-4H3. The highest BCUT2D eigenvalue weighted by molar-refractivity contribution is 9.10. The molecule has 2 aromatic rings. The summed E-state index contributed by atoms with van der Waals surface area (Å²) in [6, 6.07) is 13.6. The van der Waals surface area contributed by atoms with Crippen LogP contribution in [0.15, 0.2) is 46.9 Å². The average molecular weight is 377 g/mol. The molecule has 0 heterocycles. The maximum Gasteiger partial charge on any atom is 0.343 e. The van der Waals surface area contributed by atoms with Crippen LogP contribution in [0.2, 0.25) is 0 Å². The number of aryl methyl sites for hydroxylation is 1. The fourth-order valence-corrected chi connectivity index (χ4v) is 2.81. The normalized spacial score (nSPS) is 11.2. The summed E-state index contributed by atoms with van der Waals surface area (Å²) in [6.07, 6.45) is 0. The second-order valence-corrected chi connectivity index (χ2v) is 7.25. The number of hydrogen-bond donors (Lipinski definition) is 0. The minimum atomic E-state index is -0.557. The van der Waals surface area contributed by atoms with Crippen LogP contribution in [-0.2, 0) is 11.3 Å². The molecule has 0 saturated carbocycles. The molecule has 0 atom stereocenters. The Labute approximate surface area is 145 Å². The number of ether oxygens (including phenoxy) is 2. The third kappa shape index (κ3) is 5.10. The molecule has 0 radical (unpaired) electrons. The van der Waals surface area contributed by atoms with E-state index in [0.29, 0.717) is 22.4 Å². The summed E-state index contributed by atoms with van der Waals surface area (Å²) < 4.78 is 12.1. The number of halogens is 1. The summed E-state index contributed by atoms with van der Waals surface area (Å²) in [5.41, 5.74) is 1.91. The second kappa shape index (κ2) is 7.18. The van der Waals surface area contributed by atoms with Crippen molar-refractivity contribution in [2.24, 2.45) is 0 Å². The third-order valence-electron chi connectivity index (χ3n) is 3.04. The fraction of sp³-hybridized carbons (Fsp3) is 0.316. The van der Waals surface area contributed by atoms with Crippen LogP contribution in [-0.4, -0.2) is 11.6 Å². The summed E-state index contributed by atoms with van der Waals surface area (Å²) >= 11 is 3.45. The number of carbonyl (C=O) groups excluding carboxylic acids is 1. The Hall–Kier alpha value is -1.81. The number of rotatable bonds is 4. The van der Waals surface area contributed by atoms with E-state index in [0.717, 1.165) is 11.1 Å².